The van der Waals surface area contributed by atoms with Crippen molar-refractivity contribution < 1.29 is 4.74 Å². The summed E-state index contributed by atoms with van der Waals surface area (Å²) in [7, 11) is 0. The maximum absolute atomic E-state index is 8.83. The van der Waals surface area contributed by atoms with Crippen LogP contribution >= 0.6 is 0 Å². The summed E-state index contributed by atoms with van der Waals surface area (Å²) in [6.45, 7) is 7.66. The van der Waals surface area contributed by atoms with Gasteiger partial charge in [0.2, 0.25) is 0 Å². The van der Waals surface area contributed by atoms with E-state index in [0.717, 1.165) is 45.1 Å². The molecule has 0 unspecified atom stereocenters. The summed E-state index contributed by atoms with van der Waals surface area (Å²) in [5, 5.41) is 12.2. The van der Waals surface area contributed by atoms with Crippen LogP contribution in [0.4, 0.5) is 0 Å². The van der Waals surface area contributed by atoms with Gasteiger partial charge in [-0.25, -0.2) is 0 Å². The van der Waals surface area contributed by atoms with E-state index in [1.54, 1.807) is 0 Å². The van der Waals surface area contributed by atoms with Gasteiger partial charge in [-0.3, -0.25) is 0 Å². The van der Waals surface area contributed by atoms with E-state index in [4.69, 9.17) is 10.00 Å². The molecule has 0 amide bonds. The largest absolute Gasteiger partial charge is 0.380 e. The van der Waals surface area contributed by atoms with Gasteiger partial charge >= 0.3 is 0 Å². The van der Waals surface area contributed by atoms with Gasteiger partial charge in [0.25, 0.3) is 0 Å². The number of nitrogens with zero attached hydrogens (tertiary/aromatic N) is 1. The molecule has 1 aliphatic carbocycles. The standard InChI is InChI=1S/C13H24N2O/c1-13(2,11-14)6-3-7-15-8-9-16-10-12-4-5-12/h12,15H,3-10H2,1-2H3. The van der Waals surface area contributed by atoms with Gasteiger partial charge in [-0.2, -0.15) is 5.26 Å². The normalized spacial score (nSPS) is 16.1. The van der Waals surface area contributed by atoms with Crippen molar-refractivity contribution in [2.75, 3.05) is 26.3 Å². The molecule has 0 saturated heterocycles. The van der Waals surface area contributed by atoms with Crippen molar-refractivity contribution in [1.82, 2.24) is 5.32 Å². The third-order valence-electron chi connectivity index (χ3n) is 2.93. The number of hydrogen-bond acceptors (Lipinski definition) is 3. The lowest BCUT2D eigenvalue weighted by atomic mass is 9.90. The lowest BCUT2D eigenvalue weighted by molar-refractivity contribution is 0.126. The Morgan fingerprint density at radius 2 is 2.12 bits per heavy atom. The first-order valence-electron chi connectivity index (χ1n) is 6.34. The number of ether oxygens (including phenoxy) is 1. The van der Waals surface area contributed by atoms with Crippen LogP contribution in [0.3, 0.4) is 0 Å². The van der Waals surface area contributed by atoms with Crippen molar-refractivity contribution >= 4 is 0 Å². The van der Waals surface area contributed by atoms with Gasteiger partial charge in [0, 0.05) is 13.2 Å². The summed E-state index contributed by atoms with van der Waals surface area (Å²) in [6, 6.07) is 2.32. The number of rotatable bonds is 9. The Hall–Kier alpha value is -0.590. The summed E-state index contributed by atoms with van der Waals surface area (Å²) in [5.74, 6) is 0.858. The van der Waals surface area contributed by atoms with Crippen LogP contribution in [0, 0.1) is 22.7 Å². The first-order chi connectivity index (χ1) is 7.64. The fraction of sp³-hybridized carbons (Fsp3) is 0.923. The van der Waals surface area contributed by atoms with Crippen LogP contribution in [0.2, 0.25) is 0 Å². The van der Waals surface area contributed by atoms with Gasteiger partial charge in [-0.1, -0.05) is 0 Å². The Labute approximate surface area is 99.2 Å². The predicted molar refractivity (Wildman–Crippen MR) is 65.0 cm³/mol. The fourth-order valence-corrected chi connectivity index (χ4v) is 1.52. The summed E-state index contributed by atoms with van der Waals surface area (Å²) in [4.78, 5) is 0. The monoisotopic (exact) mass is 224 g/mol. The van der Waals surface area contributed by atoms with Crippen LogP contribution in [0.25, 0.3) is 0 Å². The molecule has 0 radical (unpaired) electrons. The molecular weight excluding hydrogens is 200 g/mol. The van der Waals surface area contributed by atoms with E-state index in [0.29, 0.717) is 0 Å². The quantitative estimate of drug-likeness (QED) is 0.611. The van der Waals surface area contributed by atoms with Crippen LogP contribution < -0.4 is 5.32 Å². The molecule has 1 fully saturated rings. The molecule has 16 heavy (non-hydrogen) atoms. The Kier molecular flexibility index (Phi) is 5.79. The van der Waals surface area contributed by atoms with E-state index in [2.05, 4.69) is 11.4 Å². The molecule has 0 aromatic carbocycles. The average molecular weight is 224 g/mol. The summed E-state index contributed by atoms with van der Waals surface area (Å²) in [5.41, 5.74) is -0.176. The highest BCUT2D eigenvalue weighted by atomic mass is 16.5. The van der Waals surface area contributed by atoms with E-state index in [-0.39, 0.29) is 5.41 Å². The lowest BCUT2D eigenvalue weighted by Gasteiger charge is -2.14. The van der Waals surface area contributed by atoms with E-state index in [1.165, 1.54) is 12.8 Å². The van der Waals surface area contributed by atoms with Gasteiger partial charge in [0.05, 0.1) is 18.1 Å². The second kappa shape index (κ2) is 6.88. The van der Waals surface area contributed by atoms with Gasteiger partial charge in [-0.05, 0) is 52.0 Å². The maximum atomic E-state index is 8.83. The molecule has 92 valence electrons. The molecule has 0 aromatic rings. The Bertz CT molecular complexity index is 229. The van der Waals surface area contributed by atoms with Gasteiger partial charge in [0.1, 0.15) is 0 Å². The minimum absolute atomic E-state index is 0.176. The zero-order chi connectivity index (χ0) is 11.9. The average Bonchev–Trinajstić information content (AvgIpc) is 3.06. The molecule has 3 heteroatoms. The molecule has 1 N–H and O–H groups in total. The van der Waals surface area contributed by atoms with Crippen molar-refractivity contribution in [1.29, 1.82) is 5.26 Å². The molecule has 1 aliphatic rings. The molecule has 0 atom stereocenters. The van der Waals surface area contributed by atoms with Gasteiger partial charge in [-0.15, -0.1) is 0 Å². The van der Waals surface area contributed by atoms with E-state index >= 15 is 0 Å². The topological polar surface area (TPSA) is 45.0 Å². The molecule has 0 aliphatic heterocycles. The predicted octanol–water partition coefficient (Wildman–Crippen LogP) is 2.33. The number of nitriles is 1. The zero-order valence-corrected chi connectivity index (χ0v) is 10.6. The van der Waals surface area contributed by atoms with Crippen molar-refractivity contribution in [2.45, 2.75) is 39.5 Å². The van der Waals surface area contributed by atoms with Crippen LogP contribution in [-0.4, -0.2) is 26.3 Å². The minimum atomic E-state index is -0.176. The summed E-state index contributed by atoms with van der Waals surface area (Å²) in [6.07, 6.45) is 4.73. The van der Waals surface area contributed by atoms with Crippen molar-refractivity contribution in [3.8, 4) is 6.07 Å². The molecule has 0 heterocycles. The fourth-order valence-electron chi connectivity index (χ4n) is 1.52. The molecular formula is C13H24N2O. The zero-order valence-electron chi connectivity index (χ0n) is 10.6. The molecule has 0 aromatic heterocycles. The van der Waals surface area contributed by atoms with Crippen LogP contribution in [0.15, 0.2) is 0 Å². The summed E-state index contributed by atoms with van der Waals surface area (Å²) >= 11 is 0. The molecule has 0 spiro atoms. The van der Waals surface area contributed by atoms with Crippen LogP contribution in [-0.2, 0) is 4.74 Å². The third-order valence-corrected chi connectivity index (χ3v) is 2.93. The van der Waals surface area contributed by atoms with Crippen molar-refractivity contribution in [3.63, 3.8) is 0 Å². The number of nitrogens with one attached hydrogen (secondary N) is 1. The van der Waals surface area contributed by atoms with Crippen LogP contribution in [0.1, 0.15) is 39.5 Å². The Morgan fingerprint density at radius 3 is 2.75 bits per heavy atom. The van der Waals surface area contributed by atoms with E-state index in [9.17, 15) is 0 Å². The third kappa shape index (κ3) is 6.81. The highest BCUT2D eigenvalue weighted by Gasteiger charge is 2.20. The Morgan fingerprint density at radius 1 is 1.38 bits per heavy atom. The van der Waals surface area contributed by atoms with Crippen LogP contribution in [0.5, 0.6) is 0 Å². The first kappa shape index (κ1) is 13.5. The van der Waals surface area contributed by atoms with Crippen molar-refractivity contribution in [2.24, 2.45) is 11.3 Å². The maximum Gasteiger partial charge on any atom is 0.0683 e. The minimum Gasteiger partial charge on any atom is -0.380 e. The first-order valence-corrected chi connectivity index (χ1v) is 6.34. The second-order valence-corrected chi connectivity index (χ2v) is 5.37. The highest BCUT2D eigenvalue weighted by Crippen LogP contribution is 2.28. The second-order valence-electron chi connectivity index (χ2n) is 5.37. The molecule has 0 bridgehead atoms. The van der Waals surface area contributed by atoms with E-state index < -0.39 is 0 Å². The van der Waals surface area contributed by atoms with Gasteiger partial charge in [0.15, 0.2) is 0 Å². The smallest absolute Gasteiger partial charge is 0.0683 e. The van der Waals surface area contributed by atoms with E-state index in [1.807, 2.05) is 13.8 Å². The molecule has 1 rings (SSSR count). The Balaban J connectivity index is 1.79. The molecule has 3 nitrogen and oxygen atoms in total. The lowest BCUT2D eigenvalue weighted by Crippen LogP contribution is -2.22. The molecule has 1 saturated carbocycles. The SMILES string of the molecule is CC(C)(C#N)CCCNCCOCC1CC1. The number of hydrogen-bond donors (Lipinski definition) is 1. The highest BCUT2D eigenvalue weighted by molar-refractivity contribution is 4.91. The summed E-state index contributed by atoms with van der Waals surface area (Å²) < 4.78 is 5.51. The van der Waals surface area contributed by atoms with Gasteiger partial charge < -0.3 is 10.1 Å². The van der Waals surface area contributed by atoms with Crippen molar-refractivity contribution in [3.05, 3.63) is 0 Å².